The van der Waals surface area contributed by atoms with E-state index in [0.29, 0.717) is 28.2 Å². The molecule has 0 radical (unpaired) electrons. The standard InChI is InChI=1S/C30H27N5O4S/c1-20-11-12-22(19-27(20)40(38,39)31-17-18-36)28-25-9-5-6-10-26(25)29(35-34-28)32-24-15-13-21(14-16-24)30(37)33-23-7-3-2-4-8-23/h2-16,19,31,36H,17-18H2,1H3,(H,32,35)(H,33,37). The SMILES string of the molecule is Cc1ccc(-c2nnc(Nc3ccc(C(=O)Nc4ccccc4)cc3)c3ccccc23)cc1S(=O)(=O)NCCO. The average Bonchev–Trinajstić information content (AvgIpc) is 2.97. The van der Waals surface area contributed by atoms with E-state index in [1.54, 1.807) is 43.3 Å². The van der Waals surface area contributed by atoms with Gasteiger partial charge in [-0.15, -0.1) is 10.2 Å². The van der Waals surface area contributed by atoms with E-state index in [4.69, 9.17) is 5.11 Å². The van der Waals surface area contributed by atoms with Crippen molar-refractivity contribution in [3.63, 3.8) is 0 Å². The first-order chi connectivity index (χ1) is 19.4. The molecule has 0 spiro atoms. The van der Waals surface area contributed by atoms with Crippen molar-refractivity contribution in [1.82, 2.24) is 14.9 Å². The molecule has 5 aromatic rings. The highest BCUT2D eigenvalue weighted by Crippen LogP contribution is 2.32. The fourth-order valence-electron chi connectivity index (χ4n) is 4.27. The summed E-state index contributed by atoms with van der Waals surface area (Å²) in [7, 11) is -3.81. The fraction of sp³-hybridized carbons (Fsp3) is 0.100. The Kier molecular flexibility index (Phi) is 7.83. The number of aromatic nitrogens is 2. The Morgan fingerprint density at radius 1 is 0.825 bits per heavy atom. The molecule has 1 aromatic heterocycles. The monoisotopic (exact) mass is 553 g/mol. The van der Waals surface area contributed by atoms with E-state index >= 15 is 0 Å². The lowest BCUT2D eigenvalue weighted by molar-refractivity contribution is 0.102. The van der Waals surface area contributed by atoms with E-state index in [1.165, 1.54) is 0 Å². The highest BCUT2D eigenvalue weighted by Gasteiger charge is 2.19. The molecule has 0 aliphatic carbocycles. The van der Waals surface area contributed by atoms with Crippen LogP contribution < -0.4 is 15.4 Å². The van der Waals surface area contributed by atoms with Crippen LogP contribution in [0.3, 0.4) is 0 Å². The molecule has 0 bridgehead atoms. The van der Waals surface area contributed by atoms with Gasteiger partial charge in [-0.1, -0.05) is 54.6 Å². The number of amides is 1. The third-order valence-corrected chi connectivity index (χ3v) is 7.89. The van der Waals surface area contributed by atoms with Crippen molar-refractivity contribution in [3.8, 4) is 11.3 Å². The number of aryl methyl sites for hydroxylation is 1. The lowest BCUT2D eigenvalue weighted by Crippen LogP contribution is -2.27. The molecule has 10 heteroatoms. The topological polar surface area (TPSA) is 133 Å². The number of hydrogen-bond donors (Lipinski definition) is 4. The molecule has 0 aliphatic rings. The van der Waals surface area contributed by atoms with Crippen LogP contribution in [0.5, 0.6) is 0 Å². The zero-order chi connectivity index (χ0) is 28.1. The molecule has 1 amide bonds. The maximum absolute atomic E-state index is 12.8. The Bertz CT molecular complexity index is 1780. The molecule has 1 heterocycles. The lowest BCUT2D eigenvalue weighted by Gasteiger charge is -2.13. The summed E-state index contributed by atoms with van der Waals surface area (Å²) in [6, 6.07) is 29.0. The molecule has 0 atom stereocenters. The summed E-state index contributed by atoms with van der Waals surface area (Å²) in [6.45, 7) is 1.34. The van der Waals surface area contributed by atoms with Crippen LogP contribution in [0.1, 0.15) is 15.9 Å². The molecule has 4 N–H and O–H groups in total. The number of carbonyl (C=O) groups excluding carboxylic acids is 1. The van der Waals surface area contributed by atoms with E-state index < -0.39 is 10.0 Å². The number of hydrogen-bond acceptors (Lipinski definition) is 7. The van der Waals surface area contributed by atoms with Gasteiger partial charge in [0.25, 0.3) is 5.91 Å². The van der Waals surface area contributed by atoms with E-state index in [-0.39, 0.29) is 24.0 Å². The summed E-state index contributed by atoms with van der Waals surface area (Å²) < 4.78 is 28.0. The predicted molar refractivity (Wildman–Crippen MR) is 156 cm³/mol. The zero-order valence-corrected chi connectivity index (χ0v) is 22.4. The maximum atomic E-state index is 12.8. The Morgan fingerprint density at radius 3 is 2.25 bits per heavy atom. The normalized spacial score (nSPS) is 11.3. The lowest BCUT2D eigenvalue weighted by atomic mass is 10.0. The molecular formula is C30H27N5O4S. The fourth-order valence-corrected chi connectivity index (χ4v) is 5.56. The molecule has 9 nitrogen and oxygen atoms in total. The van der Waals surface area contributed by atoms with Crippen molar-refractivity contribution in [3.05, 3.63) is 108 Å². The van der Waals surface area contributed by atoms with Gasteiger partial charge < -0.3 is 15.7 Å². The number of benzene rings is 4. The van der Waals surface area contributed by atoms with Crippen LogP contribution >= 0.6 is 0 Å². The van der Waals surface area contributed by atoms with Crippen LogP contribution in [0.25, 0.3) is 22.0 Å². The van der Waals surface area contributed by atoms with Crippen molar-refractivity contribution < 1.29 is 18.3 Å². The van der Waals surface area contributed by atoms with Gasteiger partial charge in [-0.2, -0.15) is 0 Å². The predicted octanol–water partition coefficient (Wildman–Crippen LogP) is 4.87. The highest BCUT2D eigenvalue weighted by atomic mass is 32.2. The van der Waals surface area contributed by atoms with Crippen molar-refractivity contribution in [1.29, 1.82) is 0 Å². The Morgan fingerprint density at radius 2 is 1.52 bits per heavy atom. The van der Waals surface area contributed by atoms with Crippen LogP contribution in [0.4, 0.5) is 17.2 Å². The Labute approximate surface area is 232 Å². The molecule has 0 saturated heterocycles. The van der Waals surface area contributed by atoms with Gasteiger partial charge >= 0.3 is 0 Å². The van der Waals surface area contributed by atoms with E-state index in [1.807, 2.05) is 60.7 Å². The third kappa shape index (κ3) is 5.84. The second kappa shape index (κ2) is 11.6. The number of aliphatic hydroxyl groups excluding tert-OH is 1. The van der Waals surface area contributed by atoms with Crippen LogP contribution in [0.15, 0.2) is 102 Å². The number of sulfonamides is 1. The molecule has 0 unspecified atom stereocenters. The van der Waals surface area contributed by atoms with E-state index in [9.17, 15) is 13.2 Å². The van der Waals surface area contributed by atoms with Gasteiger partial charge in [0.05, 0.1) is 11.5 Å². The average molecular weight is 554 g/mol. The van der Waals surface area contributed by atoms with Gasteiger partial charge in [-0.3, -0.25) is 4.79 Å². The van der Waals surface area contributed by atoms with Gasteiger partial charge in [0.15, 0.2) is 5.82 Å². The number of nitrogens with zero attached hydrogens (tertiary/aromatic N) is 2. The summed E-state index contributed by atoms with van der Waals surface area (Å²) in [5.74, 6) is 0.309. The van der Waals surface area contributed by atoms with Crippen LogP contribution in [0, 0.1) is 6.92 Å². The van der Waals surface area contributed by atoms with Gasteiger partial charge in [0, 0.05) is 39.8 Å². The smallest absolute Gasteiger partial charge is 0.255 e. The van der Waals surface area contributed by atoms with Gasteiger partial charge in [-0.25, -0.2) is 13.1 Å². The first-order valence-corrected chi connectivity index (χ1v) is 14.0. The quantitative estimate of drug-likeness (QED) is 0.205. The third-order valence-electron chi connectivity index (χ3n) is 6.28. The number of para-hydroxylation sites is 1. The number of aliphatic hydroxyl groups is 1. The molecular weight excluding hydrogens is 526 g/mol. The minimum absolute atomic E-state index is 0.0756. The van der Waals surface area contributed by atoms with Crippen LogP contribution in [0.2, 0.25) is 0 Å². The van der Waals surface area contributed by atoms with Crippen LogP contribution in [-0.2, 0) is 10.0 Å². The van der Waals surface area contributed by atoms with E-state index in [2.05, 4.69) is 25.6 Å². The van der Waals surface area contributed by atoms with Gasteiger partial charge in [-0.05, 0) is 55.0 Å². The van der Waals surface area contributed by atoms with Gasteiger partial charge in [0.1, 0.15) is 5.69 Å². The van der Waals surface area contributed by atoms with Crippen molar-refractivity contribution in [2.45, 2.75) is 11.8 Å². The molecule has 0 fully saturated rings. The molecule has 5 rings (SSSR count). The molecule has 0 aliphatic heterocycles. The first kappa shape index (κ1) is 26.9. The molecule has 40 heavy (non-hydrogen) atoms. The summed E-state index contributed by atoms with van der Waals surface area (Å²) in [5, 5.41) is 25.6. The summed E-state index contributed by atoms with van der Waals surface area (Å²) in [6.07, 6.45) is 0. The second-order valence-electron chi connectivity index (χ2n) is 9.07. The number of nitrogens with one attached hydrogen (secondary N) is 3. The number of anilines is 3. The number of rotatable bonds is 9. The molecule has 4 aromatic carbocycles. The molecule has 0 saturated carbocycles. The zero-order valence-electron chi connectivity index (χ0n) is 21.6. The first-order valence-electron chi connectivity index (χ1n) is 12.6. The summed E-state index contributed by atoms with van der Waals surface area (Å²) in [5.41, 5.74) is 3.66. The minimum Gasteiger partial charge on any atom is -0.395 e. The summed E-state index contributed by atoms with van der Waals surface area (Å²) >= 11 is 0. The van der Waals surface area contributed by atoms with Crippen LogP contribution in [-0.4, -0.2) is 42.8 Å². The number of fused-ring (bicyclic) bond motifs is 1. The van der Waals surface area contributed by atoms with Crippen molar-refractivity contribution in [2.75, 3.05) is 23.8 Å². The van der Waals surface area contributed by atoms with E-state index in [0.717, 1.165) is 22.1 Å². The largest absolute Gasteiger partial charge is 0.395 e. The Balaban J connectivity index is 1.43. The molecule has 202 valence electrons. The Hall–Kier alpha value is -4.64. The highest BCUT2D eigenvalue weighted by molar-refractivity contribution is 7.89. The van der Waals surface area contributed by atoms with Crippen molar-refractivity contribution >= 4 is 43.9 Å². The number of carbonyl (C=O) groups is 1. The maximum Gasteiger partial charge on any atom is 0.255 e. The summed E-state index contributed by atoms with van der Waals surface area (Å²) in [4.78, 5) is 12.7. The second-order valence-corrected chi connectivity index (χ2v) is 10.8. The van der Waals surface area contributed by atoms with Gasteiger partial charge in [0.2, 0.25) is 10.0 Å². The van der Waals surface area contributed by atoms with Crippen molar-refractivity contribution in [2.24, 2.45) is 0 Å². The minimum atomic E-state index is -3.81.